The maximum absolute atomic E-state index is 12.9. The number of nitrogens with zero attached hydrogens (tertiary/aromatic N) is 3. The Morgan fingerprint density at radius 2 is 1.96 bits per heavy atom. The number of ether oxygens (including phenoxy) is 1. The largest absolute Gasteiger partial charge is 0.484 e. The zero-order valence-electron chi connectivity index (χ0n) is 16.1. The number of halogens is 1. The molecule has 0 spiro atoms. The van der Waals surface area contributed by atoms with Crippen molar-refractivity contribution < 1.29 is 13.9 Å². The van der Waals surface area contributed by atoms with Gasteiger partial charge in [-0.2, -0.15) is 5.10 Å². The monoisotopic (exact) mass is 386 g/mol. The Labute approximate surface area is 164 Å². The van der Waals surface area contributed by atoms with Crippen LogP contribution in [0.2, 0.25) is 0 Å². The Balaban J connectivity index is 1.25. The second kappa shape index (κ2) is 8.73. The van der Waals surface area contributed by atoms with Crippen LogP contribution in [0.4, 0.5) is 4.39 Å². The first kappa shape index (κ1) is 18.9. The first-order valence-electron chi connectivity index (χ1n) is 10.1. The van der Waals surface area contributed by atoms with Crippen LogP contribution in [0.1, 0.15) is 43.5 Å². The summed E-state index contributed by atoms with van der Waals surface area (Å²) in [5.74, 6) is -0.0847. The molecule has 2 aromatic rings. The third kappa shape index (κ3) is 4.70. The van der Waals surface area contributed by atoms with E-state index in [0.717, 1.165) is 25.3 Å². The molecule has 1 aliphatic heterocycles. The maximum Gasteiger partial charge on any atom is 0.258 e. The van der Waals surface area contributed by atoms with Crippen molar-refractivity contribution in [3.63, 3.8) is 0 Å². The number of hydrogen-bond donors (Lipinski definition) is 1. The van der Waals surface area contributed by atoms with E-state index in [1.165, 1.54) is 62.1 Å². The first-order valence-corrected chi connectivity index (χ1v) is 10.1. The van der Waals surface area contributed by atoms with E-state index in [1.807, 2.05) is 0 Å². The lowest BCUT2D eigenvalue weighted by Crippen LogP contribution is -2.42. The number of carbonyl (C=O) groups excluding carboxylic acids is 1. The lowest BCUT2D eigenvalue weighted by Gasteiger charge is -2.36. The third-order valence-electron chi connectivity index (χ3n) is 5.62. The Morgan fingerprint density at radius 3 is 2.75 bits per heavy atom. The van der Waals surface area contributed by atoms with Crippen molar-refractivity contribution in [2.75, 3.05) is 13.2 Å². The van der Waals surface area contributed by atoms with Crippen LogP contribution in [-0.2, 0) is 24.4 Å². The number of amides is 1. The molecule has 6 nitrogen and oxygen atoms in total. The van der Waals surface area contributed by atoms with Gasteiger partial charge in [0.05, 0.1) is 24.5 Å². The van der Waals surface area contributed by atoms with E-state index in [2.05, 4.69) is 26.1 Å². The quantitative estimate of drug-likeness (QED) is 0.829. The van der Waals surface area contributed by atoms with Crippen molar-refractivity contribution in [3.05, 3.63) is 47.5 Å². The molecule has 1 amide bonds. The molecule has 7 heteroatoms. The van der Waals surface area contributed by atoms with Crippen molar-refractivity contribution in [2.24, 2.45) is 0 Å². The summed E-state index contributed by atoms with van der Waals surface area (Å²) in [4.78, 5) is 14.6. The standard InChI is InChI=1S/C21H27FN4O2/c22-16-6-8-20(9-7-16)28-15-21(27)23-13-17-12-19-14-25(10-11-26(19)24-17)18-4-2-1-3-5-18/h6-9,12,18H,1-5,10-11,13-15H2,(H,23,27). The second-order valence-corrected chi connectivity index (χ2v) is 7.63. The van der Waals surface area contributed by atoms with Crippen LogP contribution < -0.4 is 10.1 Å². The van der Waals surface area contributed by atoms with Gasteiger partial charge in [0, 0.05) is 19.1 Å². The Morgan fingerprint density at radius 1 is 1.18 bits per heavy atom. The number of fused-ring (bicyclic) bond motifs is 1. The Kier molecular flexibility index (Phi) is 5.90. The van der Waals surface area contributed by atoms with Crippen molar-refractivity contribution in [3.8, 4) is 5.75 Å². The van der Waals surface area contributed by atoms with Crippen molar-refractivity contribution in [2.45, 2.75) is 57.8 Å². The molecule has 0 radical (unpaired) electrons. The molecule has 1 aromatic carbocycles. The normalized spacial score (nSPS) is 17.9. The molecule has 1 N–H and O–H groups in total. The van der Waals surface area contributed by atoms with Crippen LogP contribution in [0, 0.1) is 5.82 Å². The third-order valence-corrected chi connectivity index (χ3v) is 5.62. The highest BCUT2D eigenvalue weighted by atomic mass is 19.1. The van der Waals surface area contributed by atoms with Gasteiger partial charge in [0.1, 0.15) is 11.6 Å². The molecule has 2 heterocycles. The van der Waals surface area contributed by atoms with Gasteiger partial charge in [-0.15, -0.1) is 0 Å². The molecule has 150 valence electrons. The van der Waals surface area contributed by atoms with E-state index in [0.29, 0.717) is 18.3 Å². The van der Waals surface area contributed by atoms with Gasteiger partial charge < -0.3 is 10.1 Å². The SMILES string of the molecule is O=C(COc1ccc(F)cc1)NCc1cc2n(n1)CCN(C1CCCCC1)C2. The minimum atomic E-state index is -0.331. The zero-order valence-corrected chi connectivity index (χ0v) is 16.1. The molecule has 1 saturated carbocycles. The highest BCUT2D eigenvalue weighted by molar-refractivity contribution is 5.77. The van der Waals surface area contributed by atoms with Crippen molar-refractivity contribution >= 4 is 5.91 Å². The van der Waals surface area contributed by atoms with Gasteiger partial charge >= 0.3 is 0 Å². The predicted molar refractivity (Wildman–Crippen MR) is 103 cm³/mol. The van der Waals surface area contributed by atoms with Crippen molar-refractivity contribution in [1.29, 1.82) is 0 Å². The summed E-state index contributed by atoms with van der Waals surface area (Å²) in [6.45, 7) is 3.19. The molecule has 0 unspecified atom stereocenters. The van der Waals surface area contributed by atoms with E-state index in [1.54, 1.807) is 0 Å². The second-order valence-electron chi connectivity index (χ2n) is 7.63. The molecule has 1 fully saturated rings. The first-order chi connectivity index (χ1) is 13.7. The summed E-state index contributed by atoms with van der Waals surface area (Å²) >= 11 is 0. The van der Waals surface area contributed by atoms with Crippen LogP contribution in [0.3, 0.4) is 0 Å². The summed E-state index contributed by atoms with van der Waals surface area (Å²) in [6.07, 6.45) is 6.68. The highest BCUT2D eigenvalue weighted by Crippen LogP contribution is 2.26. The number of benzene rings is 1. The molecule has 0 atom stereocenters. The summed E-state index contributed by atoms with van der Waals surface area (Å²) in [7, 11) is 0. The van der Waals surface area contributed by atoms with Gasteiger partial charge in [0.2, 0.25) is 0 Å². The van der Waals surface area contributed by atoms with Gasteiger partial charge in [0.25, 0.3) is 5.91 Å². The summed E-state index contributed by atoms with van der Waals surface area (Å²) in [5.41, 5.74) is 2.10. The molecular weight excluding hydrogens is 359 g/mol. The minimum Gasteiger partial charge on any atom is -0.484 e. The molecule has 1 aliphatic carbocycles. The number of aromatic nitrogens is 2. The van der Waals surface area contributed by atoms with Crippen LogP contribution in [0.15, 0.2) is 30.3 Å². The van der Waals surface area contributed by atoms with Gasteiger partial charge in [0.15, 0.2) is 6.61 Å². The predicted octanol–water partition coefficient (Wildman–Crippen LogP) is 2.87. The lowest BCUT2D eigenvalue weighted by atomic mass is 9.94. The smallest absolute Gasteiger partial charge is 0.258 e. The van der Waals surface area contributed by atoms with Crippen LogP contribution in [0.5, 0.6) is 5.75 Å². The number of hydrogen-bond acceptors (Lipinski definition) is 4. The Hall–Kier alpha value is -2.41. The molecule has 1 aromatic heterocycles. The van der Waals surface area contributed by atoms with Crippen LogP contribution in [-0.4, -0.2) is 39.8 Å². The average Bonchev–Trinajstić information content (AvgIpc) is 3.14. The van der Waals surface area contributed by atoms with Gasteiger partial charge in [-0.05, 0) is 43.2 Å². The molecule has 4 rings (SSSR count). The lowest BCUT2D eigenvalue weighted by molar-refractivity contribution is -0.123. The summed E-state index contributed by atoms with van der Waals surface area (Å²) in [5, 5.41) is 7.46. The fourth-order valence-corrected chi connectivity index (χ4v) is 4.11. The molecule has 0 saturated heterocycles. The molecule has 0 bridgehead atoms. The van der Waals surface area contributed by atoms with Gasteiger partial charge in [-0.1, -0.05) is 19.3 Å². The van der Waals surface area contributed by atoms with E-state index in [4.69, 9.17) is 4.74 Å². The van der Waals surface area contributed by atoms with E-state index in [9.17, 15) is 9.18 Å². The molecule has 2 aliphatic rings. The summed E-state index contributed by atoms with van der Waals surface area (Å²) in [6, 6.07) is 8.42. The number of rotatable bonds is 6. The fraction of sp³-hybridized carbons (Fsp3) is 0.524. The van der Waals surface area contributed by atoms with Gasteiger partial charge in [-0.25, -0.2) is 4.39 Å². The topological polar surface area (TPSA) is 59.4 Å². The van der Waals surface area contributed by atoms with Crippen molar-refractivity contribution in [1.82, 2.24) is 20.0 Å². The molecular formula is C21H27FN4O2. The number of carbonyl (C=O) groups is 1. The number of nitrogens with one attached hydrogen (secondary N) is 1. The minimum absolute atomic E-state index is 0.103. The van der Waals surface area contributed by atoms with Crippen LogP contribution >= 0.6 is 0 Å². The maximum atomic E-state index is 12.9. The van der Waals surface area contributed by atoms with E-state index in [-0.39, 0.29) is 18.3 Å². The van der Waals surface area contributed by atoms with Gasteiger partial charge in [-0.3, -0.25) is 14.4 Å². The fourth-order valence-electron chi connectivity index (χ4n) is 4.11. The average molecular weight is 386 g/mol. The molecule has 28 heavy (non-hydrogen) atoms. The zero-order chi connectivity index (χ0) is 19.3. The van der Waals surface area contributed by atoms with E-state index >= 15 is 0 Å². The highest BCUT2D eigenvalue weighted by Gasteiger charge is 2.25. The van der Waals surface area contributed by atoms with Crippen LogP contribution in [0.25, 0.3) is 0 Å². The summed E-state index contributed by atoms with van der Waals surface area (Å²) < 4.78 is 20.3. The Bertz CT molecular complexity index is 799. The van der Waals surface area contributed by atoms with E-state index < -0.39 is 0 Å².